The van der Waals surface area contributed by atoms with E-state index in [-0.39, 0.29) is 0 Å². The van der Waals surface area contributed by atoms with Crippen molar-refractivity contribution in [3.63, 3.8) is 0 Å². The number of hydrogen-bond acceptors (Lipinski definition) is 2. The van der Waals surface area contributed by atoms with Crippen molar-refractivity contribution in [1.29, 1.82) is 5.26 Å². The smallest absolute Gasteiger partial charge is 0.160 e. The highest BCUT2D eigenvalue weighted by molar-refractivity contribution is 6.16. The minimum absolute atomic E-state index is 0.621. The van der Waals surface area contributed by atoms with Crippen molar-refractivity contribution < 1.29 is 4.42 Å². The number of rotatable bonds is 5. The van der Waals surface area contributed by atoms with E-state index in [1.807, 2.05) is 30.3 Å². The van der Waals surface area contributed by atoms with Crippen LogP contribution >= 0.6 is 0 Å². The standard InChI is InChI=1S/C44H29N3O/c1-3-4-18-37-28(2)32-23-24-35-36-26-29(22-25-41(36)48-44(35)43(32)46(37)31-14-6-5-7-15-31)42-30(27-45)13-12-21-40(42)47-38-19-10-8-16-33(38)34-17-9-11-20-39(34)47/h3-26H,1H2,2H3/b18-4-. The van der Waals surface area contributed by atoms with Crippen molar-refractivity contribution in [1.82, 2.24) is 9.13 Å². The molecule has 0 spiro atoms. The molecule has 0 aliphatic carbocycles. The fourth-order valence-corrected chi connectivity index (χ4v) is 7.44. The van der Waals surface area contributed by atoms with Crippen molar-refractivity contribution in [3.8, 4) is 28.6 Å². The maximum absolute atomic E-state index is 10.4. The molecule has 3 heterocycles. The van der Waals surface area contributed by atoms with Gasteiger partial charge in [-0.15, -0.1) is 0 Å². The molecule has 6 aromatic carbocycles. The Balaban J connectivity index is 1.34. The number of aromatic nitrogens is 2. The van der Waals surface area contributed by atoms with Crippen LogP contribution in [0, 0.1) is 18.3 Å². The van der Waals surface area contributed by atoms with E-state index < -0.39 is 0 Å². The number of allylic oxidation sites excluding steroid dienone is 2. The summed E-state index contributed by atoms with van der Waals surface area (Å²) in [6.45, 7) is 6.06. The Labute approximate surface area is 277 Å². The molecule has 0 saturated heterocycles. The van der Waals surface area contributed by atoms with Gasteiger partial charge >= 0.3 is 0 Å². The molecule has 0 atom stereocenters. The summed E-state index contributed by atoms with van der Waals surface area (Å²) in [5.74, 6) is 0. The first-order chi connectivity index (χ1) is 23.7. The van der Waals surface area contributed by atoms with Gasteiger partial charge in [0.2, 0.25) is 0 Å². The van der Waals surface area contributed by atoms with Crippen LogP contribution in [0.5, 0.6) is 0 Å². The Morgan fingerprint density at radius 3 is 2.12 bits per heavy atom. The summed E-state index contributed by atoms with van der Waals surface area (Å²) < 4.78 is 11.3. The van der Waals surface area contributed by atoms with Gasteiger partial charge in [0.1, 0.15) is 5.58 Å². The first-order valence-corrected chi connectivity index (χ1v) is 16.0. The van der Waals surface area contributed by atoms with Gasteiger partial charge in [0.05, 0.1) is 33.9 Å². The fraction of sp³-hybridized carbons (Fsp3) is 0.0227. The highest BCUT2D eigenvalue weighted by Gasteiger charge is 2.22. The Kier molecular flexibility index (Phi) is 6.21. The molecule has 0 unspecified atom stereocenters. The minimum atomic E-state index is 0.621. The van der Waals surface area contributed by atoms with Crippen molar-refractivity contribution in [3.05, 3.63) is 163 Å². The first kappa shape index (κ1) is 27.7. The SMILES string of the molecule is C=C/C=C\c1c(C)c2ccc3c4cc(-c5c(C#N)cccc5-n5c6ccccc6c6ccccc65)ccc4oc3c2n1-c1ccccc1. The van der Waals surface area contributed by atoms with Crippen molar-refractivity contribution in [2.75, 3.05) is 0 Å². The van der Waals surface area contributed by atoms with Crippen LogP contribution in [-0.4, -0.2) is 9.13 Å². The van der Waals surface area contributed by atoms with E-state index in [1.54, 1.807) is 6.08 Å². The molecule has 226 valence electrons. The van der Waals surface area contributed by atoms with Crippen molar-refractivity contribution >= 4 is 60.7 Å². The number of fused-ring (bicyclic) bond motifs is 8. The monoisotopic (exact) mass is 615 g/mol. The maximum atomic E-state index is 10.4. The zero-order valence-corrected chi connectivity index (χ0v) is 26.3. The van der Waals surface area contributed by atoms with Crippen molar-refractivity contribution in [2.24, 2.45) is 0 Å². The largest absolute Gasteiger partial charge is 0.454 e. The molecule has 0 aliphatic rings. The number of para-hydroxylation sites is 3. The topological polar surface area (TPSA) is 46.8 Å². The van der Waals surface area contributed by atoms with Crippen LogP contribution in [0.25, 0.3) is 83.2 Å². The molecule has 0 radical (unpaired) electrons. The Bertz CT molecular complexity index is 2760. The molecule has 4 heteroatoms. The minimum Gasteiger partial charge on any atom is -0.454 e. The molecule has 9 rings (SSSR count). The highest BCUT2D eigenvalue weighted by atomic mass is 16.3. The molecule has 0 saturated carbocycles. The summed E-state index contributed by atoms with van der Waals surface area (Å²) in [5, 5.41) is 16.0. The summed E-state index contributed by atoms with van der Waals surface area (Å²) in [4.78, 5) is 0. The Morgan fingerprint density at radius 1 is 0.688 bits per heavy atom. The highest BCUT2D eigenvalue weighted by Crippen LogP contribution is 2.42. The normalized spacial score (nSPS) is 11.8. The number of aryl methyl sites for hydroxylation is 1. The Morgan fingerprint density at radius 2 is 1.40 bits per heavy atom. The van der Waals surface area contributed by atoms with E-state index in [1.165, 1.54) is 16.3 Å². The summed E-state index contributed by atoms with van der Waals surface area (Å²) in [5.41, 5.74) is 11.6. The third-order valence-corrected chi connectivity index (χ3v) is 9.54. The number of hydrogen-bond donors (Lipinski definition) is 0. The third kappa shape index (κ3) is 3.95. The summed E-state index contributed by atoms with van der Waals surface area (Å²) in [6, 6.07) is 46.5. The van der Waals surface area contributed by atoms with Gasteiger partial charge in [-0.1, -0.05) is 91.5 Å². The van der Waals surface area contributed by atoms with Crippen LogP contribution in [-0.2, 0) is 0 Å². The fourth-order valence-electron chi connectivity index (χ4n) is 7.44. The maximum Gasteiger partial charge on any atom is 0.160 e. The Hall–Kier alpha value is -6.57. The second-order valence-corrected chi connectivity index (χ2v) is 12.1. The first-order valence-electron chi connectivity index (χ1n) is 16.0. The summed E-state index contributed by atoms with van der Waals surface area (Å²) in [6.07, 6.45) is 5.89. The van der Waals surface area contributed by atoms with Gasteiger partial charge in [-0.25, -0.2) is 0 Å². The molecule has 0 amide bonds. The van der Waals surface area contributed by atoms with Crippen molar-refractivity contribution in [2.45, 2.75) is 6.92 Å². The molecule has 48 heavy (non-hydrogen) atoms. The molecular formula is C44H29N3O. The third-order valence-electron chi connectivity index (χ3n) is 9.54. The quantitative estimate of drug-likeness (QED) is 0.181. The number of nitrogens with zero attached hydrogens (tertiary/aromatic N) is 3. The summed E-state index contributed by atoms with van der Waals surface area (Å²) >= 11 is 0. The number of benzene rings is 6. The van der Waals surface area contributed by atoms with Crippen LogP contribution < -0.4 is 0 Å². The molecule has 4 nitrogen and oxygen atoms in total. The zero-order valence-electron chi connectivity index (χ0n) is 26.3. The molecule has 3 aromatic heterocycles. The molecule has 0 fully saturated rings. The molecular weight excluding hydrogens is 587 g/mol. The van der Waals surface area contributed by atoms with E-state index >= 15 is 0 Å². The van der Waals surface area contributed by atoms with E-state index in [9.17, 15) is 5.26 Å². The van der Waals surface area contributed by atoms with Gasteiger partial charge < -0.3 is 13.6 Å². The van der Waals surface area contributed by atoms with Crippen LogP contribution in [0.2, 0.25) is 0 Å². The lowest BCUT2D eigenvalue weighted by molar-refractivity contribution is 0.671. The van der Waals surface area contributed by atoms with Gasteiger partial charge in [0.25, 0.3) is 0 Å². The van der Waals surface area contributed by atoms with Gasteiger partial charge in [-0.05, 0) is 78.7 Å². The van der Waals surface area contributed by atoms with E-state index in [2.05, 4.69) is 138 Å². The van der Waals surface area contributed by atoms with E-state index in [0.717, 1.165) is 72.1 Å². The molecule has 0 N–H and O–H groups in total. The van der Waals surface area contributed by atoms with Gasteiger partial charge in [0, 0.05) is 43.9 Å². The lowest BCUT2D eigenvalue weighted by atomic mass is 9.96. The van der Waals surface area contributed by atoms with Crippen LogP contribution in [0.4, 0.5) is 0 Å². The average Bonchev–Trinajstić information content (AvgIpc) is 3.77. The van der Waals surface area contributed by atoms with Crippen LogP contribution in [0.3, 0.4) is 0 Å². The van der Waals surface area contributed by atoms with E-state index in [4.69, 9.17) is 4.42 Å². The van der Waals surface area contributed by atoms with Gasteiger partial charge in [0.15, 0.2) is 5.58 Å². The predicted molar refractivity (Wildman–Crippen MR) is 199 cm³/mol. The second-order valence-electron chi connectivity index (χ2n) is 12.1. The number of nitriles is 1. The average molecular weight is 616 g/mol. The molecule has 0 aliphatic heterocycles. The molecule has 0 bridgehead atoms. The van der Waals surface area contributed by atoms with Crippen LogP contribution in [0.1, 0.15) is 16.8 Å². The van der Waals surface area contributed by atoms with Crippen LogP contribution in [0.15, 0.2) is 151 Å². The zero-order chi connectivity index (χ0) is 32.4. The lowest BCUT2D eigenvalue weighted by Crippen LogP contribution is -1.99. The molecule has 9 aromatic rings. The predicted octanol–water partition coefficient (Wildman–Crippen LogP) is 11.7. The van der Waals surface area contributed by atoms with Gasteiger partial charge in [-0.3, -0.25) is 0 Å². The van der Waals surface area contributed by atoms with E-state index in [0.29, 0.717) is 5.56 Å². The summed E-state index contributed by atoms with van der Waals surface area (Å²) in [7, 11) is 0. The lowest BCUT2D eigenvalue weighted by Gasteiger charge is -2.15. The second kappa shape index (κ2) is 10.8. The van der Waals surface area contributed by atoms with Gasteiger partial charge in [-0.2, -0.15) is 5.26 Å². The number of furan rings is 1.